The number of benzene rings is 3. The van der Waals surface area contributed by atoms with Crippen molar-refractivity contribution in [2.24, 2.45) is 0 Å². The van der Waals surface area contributed by atoms with Crippen molar-refractivity contribution in [2.45, 2.75) is 26.2 Å². The molecule has 0 radical (unpaired) electrons. The van der Waals surface area contributed by atoms with Crippen molar-refractivity contribution in [1.82, 2.24) is 9.88 Å². The number of ether oxygens (including phenoxy) is 1. The van der Waals surface area contributed by atoms with E-state index in [1.807, 2.05) is 89.8 Å². The summed E-state index contributed by atoms with van der Waals surface area (Å²) in [4.78, 5) is 12.4. The van der Waals surface area contributed by atoms with E-state index >= 15 is 0 Å². The van der Waals surface area contributed by atoms with Crippen LogP contribution in [-0.2, 0) is 35.7 Å². The van der Waals surface area contributed by atoms with Crippen molar-refractivity contribution in [3.8, 4) is 5.69 Å². The highest BCUT2D eigenvalue weighted by atomic mass is 16.5. The summed E-state index contributed by atoms with van der Waals surface area (Å²) in [5, 5.41) is 3.01. The van der Waals surface area contributed by atoms with Crippen molar-refractivity contribution in [3.05, 3.63) is 126 Å². The standard InChI is InChI=1S/C27H26N2O2/c30-27(18-22-11-13-26(14-12-22)29-15-4-5-16-29)28-19-24-9-6-10-25(17-24)21-31-20-23-7-2-1-3-8-23/h1-17H,18-21H2,(H,28,30). The molecule has 0 atom stereocenters. The van der Waals surface area contributed by atoms with Gasteiger partial charge in [-0.25, -0.2) is 0 Å². The first-order valence-electron chi connectivity index (χ1n) is 10.4. The number of aromatic nitrogens is 1. The Morgan fingerprint density at radius 3 is 2.16 bits per heavy atom. The highest BCUT2D eigenvalue weighted by Gasteiger charge is 2.05. The molecule has 4 nitrogen and oxygen atoms in total. The summed E-state index contributed by atoms with van der Waals surface area (Å²) in [6, 6.07) is 30.3. The highest BCUT2D eigenvalue weighted by molar-refractivity contribution is 5.78. The fraction of sp³-hybridized carbons (Fsp3) is 0.148. The van der Waals surface area contributed by atoms with Gasteiger partial charge in [-0.3, -0.25) is 4.79 Å². The SMILES string of the molecule is O=C(Cc1ccc(-n2cccc2)cc1)NCc1cccc(COCc2ccccc2)c1. The molecule has 1 N–H and O–H groups in total. The second kappa shape index (κ2) is 10.4. The molecule has 4 aromatic rings. The van der Waals surface area contributed by atoms with Crippen molar-refractivity contribution < 1.29 is 9.53 Å². The quantitative estimate of drug-likeness (QED) is 0.419. The maximum atomic E-state index is 12.4. The van der Waals surface area contributed by atoms with E-state index in [1.54, 1.807) is 0 Å². The average Bonchev–Trinajstić information content (AvgIpc) is 3.34. The summed E-state index contributed by atoms with van der Waals surface area (Å²) in [6.45, 7) is 1.64. The number of carbonyl (C=O) groups excluding carboxylic acids is 1. The average molecular weight is 411 g/mol. The first kappa shape index (κ1) is 20.6. The molecule has 0 saturated carbocycles. The molecule has 0 aliphatic rings. The lowest BCUT2D eigenvalue weighted by Crippen LogP contribution is -2.24. The molecular formula is C27H26N2O2. The van der Waals surface area contributed by atoms with Crippen LogP contribution in [-0.4, -0.2) is 10.5 Å². The molecule has 0 unspecified atom stereocenters. The normalized spacial score (nSPS) is 10.7. The maximum absolute atomic E-state index is 12.4. The minimum absolute atomic E-state index is 0.0134. The second-order valence-corrected chi connectivity index (χ2v) is 7.51. The second-order valence-electron chi connectivity index (χ2n) is 7.51. The molecule has 1 amide bonds. The molecule has 1 heterocycles. The van der Waals surface area contributed by atoms with E-state index < -0.39 is 0 Å². The van der Waals surface area contributed by atoms with Crippen LogP contribution in [0.4, 0.5) is 0 Å². The molecule has 0 aliphatic carbocycles. The van der Waals surface area contributed by atoms with E-state index in [0.29, 0.717) is 26.2 Å². The number of nitrogens with zero attached hydrogens (tertiary/aromatic N) is 1. The van der Waals surface area contributed by atoms with E-state index in [1.165, 1.54) is 0 Å². The summed E-state index contributed by atoms with van der Waals surface area (Å²) in [7, 11) is 0. The largest absolute Gasteiger partial charge is 0.372 e. The van der Waals surface area contributed by atoms with Gasteiger partial charge in [0.2, 0.25) is 5.91 Å². The summed E-state index contributed by atoms with van der Waals surface area (Å²) >= 11 is 0. The summed E-state index contributed by atoms with van der Waals surface area (Å²) < 4.78 is 7.85. The Morgan fingerprint density at radius 1 is 0.710 bits per heavy atom. The summed E-state index contributed by atoms with van der Waals surface area (Å²) in [5.41, 5.74) is 5.41. The van der Waals surface area contributed by atoms with Crippen LogP contribution in [0.25, 0.3) is 5.69 Å². The molecule has 4 rings (SSSR count). The number of carbonyl (C=O) groups is 1. The van der Waals surface area contributed by atoms with Crippen LogP contribution in [0.3, 0.4) is 0 Å². The molecular weight excluding hydrogens is 384 g/mol. The molecule has 0 saturated heterocycles. The van der Waals surface area contributed by atoms with Gasteiger partial charge in [0.05, 0.1) is 19.6 Å². The molecule has 0 fully saturated rings. The lowest BCUT2D eigenvalue weighted by Gasteiger charge is -2.09. The van der Waals surface area contributed by atoms with Gasteiger partial charge < -0.3 is 14.6 Å². The lowest BCUT2D eigenvalue weighted by atomic mass is 10.1. The summed E-state index contributed by atoms with van der Waals surface area (Å²) in [5.74, 6) is 0.0134. The third-order valence-electron chi connectivity index (χ3n) is 5.06. The lowest BCUT2D eigenvalue weighted by molar-refractivity contribution is -0.120. The molecule has 0 aliphatic heterocycles. The zero-order valence-electron chi connectivity index (χ0n) is 17.4. The third-order valence-corrected chi connectivity index (χ3v) is 5.06. The van der Waals surface area contributed by atoms with Crippen LogP contribution in [0.2, 0.25) is 0 Å². The summed E-state index contributed by atoms with van der Waals surface area (Å²) in [6.07, 6.45) is 4.37. The van der Waals surface area contributed by atoms with E-state index in [2.05, 4.69) is 23.5 Å². The van der Waals surface area contributed by atoms with E-state index in [9.17, 15) is 4.79 Å². The van der Waals surface area contributed by atoms with E-state index in [0.717, 1.165) is 27.9 Å². The van der Waals surface area contributed by atoms with Crippen molar-refractivity contribution >= 4 is 5.91 Å². The van der Waals surface area contributed by atoms with Crippen LogP contribution in [0.15, 0.2) is 103 Å². The van der Waals surface area contributed by atoms with E-state index in [4.69, 9.17) is 4.74 Å². The van der Waals surface area contributed by atoms with Gasteiger partial charge in [0.25, 0.3) is 0 Å². The molecule has 4 heteroatoms. The monoisotopic (exact) mass is 410 g/mol. The van der Waals surface area contributed by atoms with Crippen LogP contribution in [0.1, 0.15) is 22.3 Å². The maximum Gasteiger partial charge on any atom is 0.224 e. The van der Waals surface area contributed by atoms with Crippen LogP contribution >= 0.6 is 0 Å². The topological polar surface area (TPSA) is 43.3 Å². The molecule has 3 aromatic carbocycles. The van der Waals surface area contributed by atoms with Gasteiger partial charge in [0.15, 0.2) is 0 Å². The van der Waals surface area contributed by atoms with Crippen LogP contribution in [0, 0.1) is 0 Å². The van der Waals surface area contributed by atoms with Gasteiger partial charge in [-0.05, 0) is 46.5 Å². The Labute approximate surface area is 183 Å². The van der Waals surface area contributed by atoms with Gasteiger partial charge in [-0.1, -0.05) is 66.7 Å². The van der Waals surface area contributed by atoms with Gasteiger partial charge in [0, 0.05) is 24.6 Å². The van der Waals surface area contributed by atoms with Gasteiger partial charge in [0.1, 0.15) is 0 Å². The fourth-order valence-electron chi connectivity index (χ4n) is 3.43. The minimum atomic E-state index is 0.0134. The molecule has 156 valence electrons. The Kier molecular flexibility index (Phi) is 6.93. The zero-order chi connectivity index (χ0) is 21.3. The first-order valence-corrected chi connectivity index (χ1v) is 10.4. The molecule has 1 aromatic heterocycles. The number of rotatable bonds is 9. The van der Waals surface area contributed by atoms with Gasteiger partial charge >= 0.3 is 0 Å². The Balaban J connectivity index is 1.24. The zero-order valence-corrected chi connectivity index (χ0v) is 17.4. The number of hydrogen-bond acceptors (Lipinski definition) is 2. The van der Waals surface area contributed by atoms with Gasteiger partial charge in [-0.15, -0.1) is 0 Å². The number of nitrogens with one attached hydrogen (secondary N) is 1. The highest BCUT2D eigenvalue weighted by Crippen LogP contribution is 2.11. The Morgan fingerprint density at radius 2 is 1.39 bits per heavy atom. The van der Waals surface area contributed by atoms with E-state index in [-0.39, 0.29) is 5.91 Å². The van der Waals surface area contributed by atoms with Crippen molar-refractivity contribution in [2.75, 3.05) is 0 Å². The predicted molar refractivity (Wildman–Crippen MR) is 123 cm³/mol. The first-order chi connectivity index (χ1) is 15.3. The Bertz CT molecular complexity index is 1090. The Hall–Kier alpha value is -3.63. The number of hydrogen-bond donors (Lipinski definition) is 1. The van der Waals surface area contributed by atoms with Gasteiger partial charge in [-0.2, -0.15) is 0 Å². The van der Waals surface area contributed by atoms with Crippen molar-refractivity contribution in [3.63, 3.8) is 0 Å². The van der Waals surface area contributed by atoms with Crippen molar-refractivity contribution in [1.29, 1.82) is 0 Å². The predicted octanol–water partition coefficient (Wildman–Crippen LogP) is 5.05. The minimum Gasteiger partial charge on any atom is -0.372 e. The smallest absolute Gasteiger partial charge is 0.224 e. The van der Waals surface area contributed by atoms with Crippen LogP contribution in [0.5, 0.6) is 0 Å². The molecule has 0 spiro atoms. The molecule has 31 heavy (non-hydrogen) atoms. The fourth-order valence-corrected chi connectivity index (χ4v) is 3.43. The number of amides is 1. The van der Waals surface area contributed by atoms with Crippen LogP contribution < -0.4 is 5.32 Å². The third kappa shape index (κ3) is 6.17. The molecule has 0 bridgehead atoms.